The van der Waals surface area contributed by atoms with E-state index >= 15 is 0 Å². The van der Waals surface area contributed by atoms with E-state index in [1.807, 2.05) is 0 Å². The molecule has 2 rings (SSSR count). The topological polar surface area (TPSA) is 12.0 Å². The lowest BCUT2D eigenvalue weighted by molar-refractivity contribution is 0.387. The normalized spacial score (nSPS) is 21.7. The molecule has 15 heavy (non-hydrogen) atoms. The SMILES string of the molecule is Fc1cc(F)c(F)c(C2CCCCN2)c1. The van der Waals surface area contributed by atoms with E-state index in [1.54, 1.807) is 0 Å². The van der Waals surface area contributed by atoms with E-state index in [1.165, 1.54) is 0 Å². The van der Waals surface area contributed by atoms with Crippen molar-refractivity contribution in [1.29, 1.82) is 0 Å². The summed E-state index contributed by atoms with van der Waals surface area (Å²) in [5, 5.41) is 3.06. The first-order valence-corrected chi connectivity index (χ1v) is 5.06. The summed E-state index contributed by atoms with van der Waals surface area (Å²) in [6, 6.07) is 1.38. The molecule has 82 valence electrons. The standard InChI is InChI=1S/C11H12F3N/c12-7-5-8(11(14)9(13)6-7)10-3-1-2-4-15-10/h5-6,10,15H,1-4H2. The predicted molar refractivity (Wildman–Crippen MR) is 50.9 cm³/mol. The van der Waals surface area contributed by atoms with Gasteiger partial charge >= 0.3 is 0 Å². The first-order chi connectivity index (χ1) is 7.18. The summed E-state index contributed by atoms with van der Waals surface area (Å²) in [7, 11) is 0. The molecule has 1 heterocycles. The van der Waals surface area contributed by atoms with Crippen LogP contribution in [-0.4, -0.2) is 6.54 Å². The Morgan fingerprint density at radius 3 is 2.60 bits per heavy atom. The van der Waals surface area contributed by atoms with Crippen LogP contribution in [0.15, 0.2) is 12.1 Å². The average molecular weight is 215 g/mol. The lowest BCUT2D eigenvalue weighted by atomic mass is 9.97. The average Bonchev–Trinajstić information content (AvgIpc) is 2.24. The van der Waals surface area contributed by atoms with Gasteiger partial charge in [0.1, 0.15) is 5.82 Å². The summed E-state index contributed by atoms with van der Waals surface area (Å²) in [5.74, 6) is -2.77. The number of halogens is 3. The first-order valence-electron chi connectivity index (χ1n) is 5.06. The molecule has 1 atom stereocenters. The first kappa shape index (κ1) is 10.5. The summed E-state index contributed by atoms with van der Waals surface area (Å²) in [6.45, 7) is 0.766. The van der Waals surface area contributed by atoms with Crippen LogP contribution in [0.2, 0.25) is 0 Å². The quantitative estimate of drug-likeness (QED) is 0.710. The van der Waals surface area contributed by atoms with Crippen LogP contribution in [-0.2, 0) is 0 Å². The van der Waals surface area contributed by atoms with E-state index < -0.39 is 17.5 Å². The number of benzene rings is 1. The fraction of sp³-hybridized carbons (Fsp3) is 0.455. The maximum atomic E-state index is 13.4. The zero-order valence-electron chi connectivity index (χ0n) is 8.19. The minimum atomic E-state index is -1.11. The molecule has 4 heteroatoms. The lowest BCUT2D eigenvalue weighted by Gasteiger charge is -2.24. The maximum Gasteiger partial charge on any atom is 0.163 e. The van der Waals surface area contributed by atoms with Gasteiger partial charge in [-0.05, 0) is 25.5 Å². The Morgan fingerprint density at radius 2 is 1.93 bits per heavy atom. The molecule has 0 aromatic heterocycles. The molecule has 0 radical (unpaired) electrons. The van der Waals surface area contributed by atoms with Crippen LogP contribution < -0.4 is 5.32 Å². The molecular formula is C11H12F3N. The minimum absolute atomic E-state index is 0.104. The summed E-state index contributed by atoms with van der Waals surface area (Å²) in [6.07, 6.45) is 2.70. The molecule has 0 amide bonds. The van der Waals surface area contributed by atoms with Crippen LogP contribution in [0.3, 0.4) is 0 Å². The van der Waals surface area contributed by atoms with Gasteiger partial charge in [-0.2, -0.15) is 0 Å². The van der Waals surface area contributed by atoms with Crippen LogP contribution in [0.25, 0.3) is 0 Å². The molecule has 0 saturated carbocycles. The maximum absolute atomic E-state index is 13.4. The van der Waals surface area contributed by atoms with Gasteiger partial charge in [0.05, 0.1) is 0 Å². The summed E-state index contributed by atoms with van der Waals surface area (Å²) >= 11 is 0. The van der Waals surface area contributed by atoms with Gasteiger partial charge in [0.15, 0.2) is 11.6 Å². The van der Waals surface area contributed by atoms with Crippen molar-refractivity contribution in [3.05, 3.63) is 35.1 Å². The van der Waals surface area contributed by atoms with Gasteiger partial charge in [-0.1, -0.05) is 6.42 Å². The van der Waals surface area contributed by atoms with Crippen molar-refractivity contribution in [2.24, 2.45) is 0 Å². The third-order valence-corrected chi connectivity index (χ3v) is 2.71. The van der Waals surface area contributed by atoms with Crippen molar-refractivity contribution >= 4 is 0 Å². The van der Waals surface area contributed by atoms with E-state index in [0.717, 1.165) is 31.9 Å². The zero-order valence-corrected chi connectivity index (χ0v) is 8.19. The molecule has 0 bridgehead atoms. The Hall–Kier alpha value is -1.03. The van der Waals surface area contributed by atoms with Gasteiger partial charge in [0.25, 0.3) is 0 Å². The number of rotatable bonds is 1. The van der Waals surface area contributed by atoms with Crippen molar-refractivity contribution < 1.29 is 13.2 Å². The smallest absolute Gasteiger partial charge is 0.163 e. The molecule has 0 aliphatic carbocycles. The summed E-state index contributed by atoms with van der Waals surface area (Å²) in [4.78, 5) is 0. The number of nitrogens with one attached hydrogen (secondary N) is 1. The van der Waals surface area contributed by atoms with Crippen molar-refractivity contribution in [1.82, 2.24) is 5.32 Å². The van der Waals surface area contributed by atoms with Crippen molar-refractivity contribution in [2.45, 2.75) is 25.3 Å². The second kappa shape index (κ2) is 4.23. The largest absolute Gasteiger partial charge is 0.310 e. The third kappa shape index (κ3) is 2.15. The predicted octanol–water partition coefficient (Wildman–Crippen LogP) is 2.92. The van der Waals surface area contributed by atoms with E-state index in [4.69, 9.17) is 0 Å². The molecule has 1 N–H and O–H groups in total. The Kier molecular flexibility index (Phi) is 2.95. The Bertz CT molecular complexity index is 359. The highest BCUT2D eigenvalue weighted by molar-refractivity contribution is 5.24. The number of piperidine rings is 1. The number of hydrogen-bond donors (Lipinski definition) is 1. The van der Waals surface area contributed by atoms with Crippen molar-refractivity contribution in [3.8, 4) is 0 Å². The summed E-state index contributed by atoms with van der Waals surface area (Å²) in [5.41, 5.74) is 0.104. The molecular weight excluding hydrogens is 203 g/mol. The molecule has 1 aromatic rings. The fourth-order valence-corrected chi connectivity index (χ4v) is 1.95. The molecule has 1 aliphatic heterocycles. The number of hydrogen-bond acceptors (Lipinski definition) is 1. The van der Waals surface area contributed by atoms with Crippen LogP contribution in [0, 0.1) is 17.5 Å². The van der Waals surface area contributed by atoms with E-state index in [0.29, 0.717) is 6.07 Å². The Labute approximate surface area is 86.3 Å². The van der Waals surface area contributed by atoms with Gasteiger partial charge < -0.3 is 5.32 Å². The van der Waals surface area contributed by atoms with Crippen LogP contribution in [0.4, 0.5) is 13.2 Å². The van der Waals surface area contributed by atoms with Gasteiger partial charge in [0.2, 0.25) is 0 Å². The Morgan fingerprint density at radius 1 is 1.13 bits per heavy atom. The van der Waals surface area contributed by atoms with Crippen LogP contribution in [0.5, 0.6) is 0 Å². The Balaban J connectivity index is 2.33. The molecule has 1 aromatic carbocycles. The molecule has 1 nitrogen and oxygen atoms in total. The van der Waals surface area contributed by atoms with Crippen LogP contribution >= 0.6 is 0 Å². The molecule has 1 fully saturated rings. The highest BCUT2D eigenvalue weighted by Crippen LogP contribution is 2.27. The molecule has 0 spiro atoms. The van der Waals surface area contributed by atoms with Gasteiger partial charge in [0, 0.05) is 17.7 Å². The van der Waals surface area contributed by atoms with Crippen molar-refractivity contribution in [2.75, 3.05) is 6.54 Å². The van der Waals surface area contributed by atoms with Gasteiger partial charge in [-0.25, -0.2) is 13.2 Å². The molecule has 1 aliphatic rings. The minimum Gasteiger partial charge on any atom is -0.310 e. The second-order valence-corrected chi connectivity index (χ2v) is 3.79. The molecule has 1 unspecified atom stereocenters. The van der Waals surface area contributed by atoms with E-state index in [9.17, 15) is 13.2 Å². The highest BCUT2D eigenvalue weighted by Gasteiger charge is 2.21. The van der Waals surface area contributed by atoms with E-state index in [2.05, 4.69) is 5.32 Å². The monoisotopic (exact) mass is 215 g/mol. The third-order valence-electron chi connectivity index (χ3n) is 2.71. The lowest BCUT2D eigenvalue weighted by Crippen LogP contribution is -2.27. The van der Waals surface area contributed by atoms with Gasteiger partial charge in [-0.15, -0.1) is 0 Å². The molecule has 1 saturated heterocycles. The second-order valence-electron chi connectivity index (χ2n) is 3.79. The highest BCUT2D eigenvalue weighted by atomic mass is 19.2. The van der Waals surface area contributed by atoms with Crippen LogP contribution in [0.1, 0.15) is 30.9 Å². The fourth-order valence-electron chi connectivity index (χ4n) is 1.95. The van der Waals surface area contributed by atoms with E-state index in [-0.39, 0.29) is 11.6 Å². The zero-order chi connectivity index (χ0) is 10.8. The summed E-state index contributed by atoms with van der Waals surface area (Å²) < 4.78 is 39.3. The van der Waals surface area contributed by atoms with Crippen molar-refractivity contribution in [3.63, 3.8) is 0 Å². The van der Waals surface area contributed by atoms with Gasteiger partial charge in [-0.3, -0.25) is 0 Å².